The van der Waals surface area contributed by atoms with Gasteiger partial charge in [-0.05, 0) is 55.8 Å². The van der Waals surface area contributed by atoms with Gasteiger partial charge >= 0.3 is 6.03 Å². The van der Waals surface area contributed by atoms with Gasteiger partial charge < -0.3 is 10.1 Å². The van der Waals surface area contributed by atoms with E-state index < -0.39 is 11.9 Å². The summed E-state index contributed by atoms with van der Waals surface area (Å²) in [5, 5.41) is 3.05. The summed E-state index contributed by atoms with van der Waals surface area (Å²) in [5.74, 6) is 0.328. The van der Waals surface area contributed by atoms with E-state index in [1.54, 1.807) is 30.3 Å². The SMILES string of the molecule is CC(C)Oc1ccc(/C=C2/NC(=O)N(c3cccc(Cl)c3)C2=O)cc1. The van der Waals surface area contributed by atoms with Crippen LogP contribution in [0.3, 0.4) is 0 Å². The van der Waals surface area contributed by atoms with Crippen LogP contribution in [0, 0.1) is 0 Å². The zero-order valence-electron chi connectivity index (χ0n) is 13.8. The fourth-order valence-electron chi connectivity index (χ4n) is 2.47. The number of halogens is 1. The second-order valence-corrected chi connectivity index (χ2v) is 6.28. The van der Waals surface area contributed by atoms with Crippen molar-refractivity contribution in [3.05, 3.63) is 64.8 Å². The number of benzene rings is 2. The Morgan fingerprint density at radius 2 is 1.84 bits per heavy atom. The summed E-state index contributed by atoms with van der Waals surface area (Å²) in [5.41, 5.74) is 1.43. The van der Waals surface area contributed by atoms with Crippen LogP contribution in [0.1, 0.15) is 19.4 Å². The van der Waals surface area contributed by atoms with Crippen LogP contribution < -0.4 is 15.0 Å². The highest BCUT2D eigenvalue weighted by Crippen LogP contribution is 2.25. The topological polar surface area (TPSA) is 58.6 Å². The summed E-state index contributed by atoms with van der Waals surface area (Å²) in [6.07, 6.45) is 1.72. The third kappa shape index (κ3) is 3.83. The van der Waals surface area contributed by atoms with Crippen LogP contribution in [0.25, 0.3) is 6.08 Å². The Morgan fingerprint density at radius 1 is 1.12 bits per heavy atom. The second-order valence-electron chi connectivity index (χ2n) is 5.84. The summed E-state index contributed by atoms with van der Waals surface area (Å²) in [6, 6.07) is 13.4. The van der Waals surface area contributed by atoms with E-state index in [0.717, 1.165) is 16.2 Å². The third-order valence-electron chi connectivity index (χ3n) is 3.51. The third-order valence-corrected chi connectivity index (χ3v) is 3.74. The highest BCUT2D eigenvalue weighted by molar-refractivity contribution is 6.32. The lowest BCUT2D eigenvalue weighted by atomic mass is 10.2. The number of carbonyl (C=O) groups is 2. The number of hydrogen-bond acceptors (Lipinski definition) is 3. The zero-order chi connectivity index (χ0) is 18.0. The van der Waals surface area contributed by atoms with Gasteiger partial charge in [0, 0.05) is 5.02 Å². The molecule has 128 valence electrons. The first-order valence-corrected chi connectivity index (χ1v) is 8.21. The van der Waals surface area contributed by atoms with Crippen molar-refractivity contribution in [3.63, 3.8) is 0 Å². The van der Waals surface area contributed by atoms with Crippen molar-refractivity contribution in [2.45, 2.75) is 20.0 Å². The van der Waals surface area contributed by atoms with Gasteiger partial charge in [0.1, 0.15) is 11.4 Å². The fraction of sp³-hybridized carbons (Fsp3) is 0.158. The Morgan fingerprint density at radius 3 is 2.48 bits per heavy atom. The average molecular weight is 357 g/mol. The normalized spacial score (nSPS) is 15.8. The van der Waals surface area contributed by atoms with E-state index in [4.69, 9.17) is 16.3 Å². The minimum atomic E-state index is -0.502. The fourth-order valence-corrected chi connectivity index (χ4v) is 2.65. The zero-order valence-corrected chi connectivity index (χ0v) is 14.6. The Hall–Kier alpha value is -2.79. The van der Waals surface area contributed by atoms with E-state index in [9.17, 15) is 9.59 Å². The molecule has 5 nitrogen and oxygen atoms in total. The molecule has 25 heavy (non-hydrogen) atoms. The van der Waals surface area contributed by atoms with Crippen LogP contribution in [0.2, 0.25) is 5.02 Å². The number of nitrogens with one attached hydrogen (secondary N) is 1. The largest absolute Gasteiger partial charge is 0.491 e. The number of urea groups is 1. The molecule has 1 fully saturated rings. The average Bonchev–Trinajstić information content (AvgIpc) is 2.83. The molecule has 3 rings (SSSR count). The second kappa shape index (κ2) is 6.99. The highest BCUT2D eigenvalue weighted by atomic mass is 35.5. The Kier molecular flexibility index (Phi) is 4.76. The van der Waals surface area contributed by atoms with Gasteiger partial charge in [0.25, 0.3) is 5.91 Å². The molecule has 3 amide bonds. The first kappa shape index (κ1) is 17.0. The first-order valence-electron chi connectivity index (χ1n) is 7.83. The van der Waals surface area contributed by atoms with Gasteiger partial charge in [-0.1, -0.05) is 29.8 Å². The van der Waals surface area contributed by atoms with Gasteiger partial charge in [0.15, 0.2) is 0 Å². The van der Waals surface area contributed by atoms with Crippen LogP contribution in [0.5, 0.6) is 5.75 Å². The molecule has 0 aromatic heterocycles. The maximum atomic E-state index is 12.6. The molecule has 0 unspecified atom stereocenters. The van der Waals surface area contributed by atoms with Crippen molar-refractivity contribution in [2.24, 2.45) is 0 Å². The lowest BCUT2D eigenvalue weighted by molar-refractivity contribution is -0.113. The predicted molar refractivity (Wildman–Crippen MR) is 97.7 cm³/mol. The number of hydrogen-bond donors (Lipinski definition) is 1. The van der Waals surface area contributed by atoms with Gasteiger partial charge in [0.05, 0.1) is 11.8 Å². The van der Waals surface area contributed by atoms with Crippen molar-refractivity contribution >= 4 is 35.3 Å². The van der Waals surface area contributed by atoms with Crippen molar-refractivity contribution in [3.8, 4) is 5.75 Å². The number of imide groups is 1. The molecule has 0 radical (unpaired) electrons. The number of anilines is 1. The maximum absolute atomic E-state index is 12.6. The molecular weight excluding hydrogens is 340 g/mol. The summed E-state index contributed by atoms with van der Waals surface area (Å²) in [7, 11) is 0. The minimum Gasteiger partial charge on any atom is -0.491 e. The Balaban J connectivity index is 1.83. The molecule has 0 saturated carbocycles. The number of nitrogens with zero attached hydrogens (tertiary/aromatic N) is 1. The molecule has 1 saturated heterocycles. The highest BCUT2D eigenvalue weighted by Gasteiger charge is 2.34. The summed E-state index contributed by atoms with van der Waals surface area (Å²) in [4.78, 5) is 25.8. The minimum absolute atomic E-state index is 0.0890. The van der Waals surface area contributed by atoms with Crippen LogP contribution in [-0.2, 0) is 4.79 Å². The van der Waals surface area contributed by atoms with Crippen LogP contribution in [-0.4, -0.2) is 18.0 Å². The molecule has 0 spiro atoms. The van der Waals surface area contributed by atoms with Gasteiger partial charge in [-0.25, -0.2) is 9.69 Å². The summed E-state index contributed by atoms with van der Waals surface area (Å²) >= 11 is 5.94. The van der Waals surface area contributed by atoms with E-state index in [1.807, 2.05) is 38.1 Å². The first-order chi connectivity index (χ1) is 11.9. The molecular formula is C19H17ClN2O3. The molecule has 1 N–H and O–H groups in total. The Labute approximate surface area is 150 Å². The van der Waals surface area contributed by atoms with Crippen LogP contribution >= 0.6 is 11.6 Å². The van der Waals surface area contributed by atoms with E-state index in [1.165, 1.54) is 0 Å². The molecule has 2 aromatic carbocycles. The van der Waals surface area contributed by atoms with Crippen LogP contribution in [0.4, 0.5) is 10.5 Å². The lowest BCUT2D eigenvalue weighted by Gasteiger charge is -2.11. The van der Waals surface area contributed by atoms with Crippen molar-refractivity contribution in [1.29, 1.82) is 0 Å². The van der Waals surface area contributed by atoms with Crippen LogP contribution in [0.15, 0.2) is 54.2 Å². The van der Waals surface area contributed by atoms with Gasteiger partial charge in [0.2, 0.25) is 0 Å². The molecule has 1 aliphatic heterocycles. The molecule has 0 bridgehead atoms. The van der Waals surface area contributed by atoms with Gasteiger partial charge in [-0.3, -0.25) is 4.79 Å². The quantitative estimate of drug-likeness (QED) is 0.659. The van der Waals surface area contributed by atoms with Crippen molar-refractivity contribution in [2.75, 3.05) is 4.90 Å². The number of rotatable bonds is 4. The number of amides is 3. The summed E-state index contributed by atoms with van der Waals surface area (Å²) < 4.78 is 5.59. The predicted octanol–water partition coefficient (Wildman–Crippen LogP) is 4.22. The van der Waals surface area contributed by atoms with Crippen molar-refractivity contribution < 1.29 is 14.3 Å². The molecule has 1 heterocycles. The van der Waals surface area contributed by atoms with E-state index >= 15 is 0 Å². The molecule has 1 aliphatic rings. The van der Waals surface area contributed by atoms with E-state index in [-0.39, 0.29) is 11.8 Å². The number of ether oxygens (including phenoxy) is 1. The smallest absolute Gasteiger partial charge is 0.333 e. The lowest BCUT2D eigenvalue weighted by Crippen LogP contribution is -2.30. The Bertz CT molecular complexity index is 844. The molecule has 6 heteroatoms. The van der Waals surface area contributed by atoms with E-state index in [0.29, 0.717) is 10.7 Å². The maximum Gasteiger partial charge on any atom is 0.333 e. The molecule has 0 atom stereocenters. The molecule has 0 aliphatic carbocycles. The standard InChI is InChI=1S/C19H17ClN2O3/c1-12(2)25-16-8-6-13(7-9-16)10-17-18(23)22(19(24)21-17)15-5-3-4-14(20)11-15/h3-12H,1-2H3,(H,21,24)/b17-10+. The molecule has 2 aromatic rings. The summed E-state index contributed by atoms with van der Waals surface area (Å²) in [6.45, 7) is 3.90. The van der Waals surface area contributed by atoms with Crippen molar-refractivity contribution in [1.82, 2.24) is 5.32 Å². The monoisotopic (exact) mass is 356 g/mol. The van der Waals surface area contributed by atoms with Gasteiger partial charge in [-0.2, -0.15) is 0 Å². The van der Waals surface area contributed by atoms with Gasteiger partial charge in [-0.15, -0.1) is 0 Å². The number of carbonyl (C=O) groups excluding carboxylic acids is 2. The van der Waals surface area contributed by atoms with E-state index in [2.05, 4.69) is 5.32 Å².